The van der Waals surface area contributed by atoms with Crippen molar-refractivity contribution >= 4 is 24.7 Å². The van der Waals surface area contributed by atoms with E-state index in [9.17, 15) is 9.36 Å². The summed E-state index contributed by atoms with van der Waals surface area (Å²) >= 11 is 6.22. The second-order valence-corrected chi connectivity index (χ2v) is 8.62. The van der Waals surface area contributed by atoms with Gasteiger partial charge in [-0.05, 0) is 24.0 Å². The zero-order valence-electron chi connectivity index (χ0n) is 12.1. The molecule has 1 aromatic carbocycles. The average molecular weight is 315 g/mol. The van der Waals surface area contributed by atoms with Crippen molar-refractivity contribution in [1.29, 1.82) is 0 Å². The van der Waals surface area contributed by atoms with E-state index in [1.54, 1.807) is 18.2 Å². The van der Waals surface area contributed by atoms with Crippen molar-refractivity contribution in [3.8, 4) is 0 Å². The molecule has 0 aliphatic rings. The molecule has 0 saturated carbocycles. The maximum Gasteiger partial charge on any atom is 0.334 e. The van der Waals surface area contributed by atoms with Gasteiger partial charge < -0.3 is 9.30 Å². The lowest BCUT2D eigenvalue weighted by molar-refractivity contribution is -0.136. The quantitative estimate of drug-likeness (QED) is 0.440. The molecule has 0 heterocycles. The minimum absolute atomic E-state index is 0.202. The van der Waals surface area contributed by atoms with Gasteiger partial charge in [0.2, 0.25) is 0 Å². The second-order valence-electron chi connectivity index (χ2n) is 4.53. The van der Waals surface area contributed by atoms with Gasteiger partial charge in [-0.2, -0.15) is 0 Å². The SMILES string of the molecule is C=C(C(=O)OC)[C@@H](c1ccccc1Cl)P(=O)(CC)CC. The van der Waals surface area contributed by atoms with Crippen LogP contribution in [0.1, 0.15) is 25.1 Å². The van der Waals surface area contributed by atoms with Crippen molar-refractivity contribution in [3.63, 3.8) is 0 Å². The fourth-order valence-electron chi connectivity index (χ4n) is 2.25. The van der Waals surface area contributed by atoms with Crippen LogP contribution in [0, 0.1) is 0 Å². The number of hydrogen-bond donors (Lipinski definition) is 0. The van der Waals surface area contributed by atoms with E-state index in [0.717, 1.165) is 0 Å². The first-order chi connectivity index (χ1) is 9.41. The number of benzene rings is 1. The molecular weight excluding hydrogens is 295 g/mol. The molecule has 0 radical (unpaired) electrons. The van der Waals surface area contributed by atoms with Crippen molar-refractivity contribution in [2.24, 2.45) is 0 Å². The van der Waals surface area contributed by atoms with Crippen molar-refractivity contribution < 1.29 is 14.1 Å². The van der Waals surface area contributed by atoms with Crippen molar-refractivity contribution in [2.75, 3.05) is 19.4 Å². The summed E-state index contributed by atoms with van der Waals surface area (Å²) in [5, 5.41) is 0.490. The zero-order valence-corrected chi connectivity index (χ0v) is 13.7. The highest BCUT2D eigenvalue weighted by molar-refractivity contribution is 7.64. The van der Waals surface area contributed by atoms with Gasteiger partial charge in [-0.25, -0.2) is 4.79 Å². The number of rotatable bonds is 6. The van der Waals surface area contributed by atoms with Gasteiger partial charge in [-0.3, -0.25) is 0 Å². The minimum atomic E-state index is -2.65. The number of carbonyl (C=O) groups excluding carboxylic acids is 1. The Morgan fingerprint density at radius 1 is 1.35 bits per heavy atom. The van der Waals surface area contributed by atoms with Crippen molar-refractivity contribution in [1.82, 2.24) is 0 Å². The first-order valence-corrected chi connectivity index (χ1v) is 9.03. The maximum atomic E-state index is 13.1. The molecule has 0 saturated heterocycles. The summed E-state index contributed by atoms with van der Waals surface area (Å²) in [5.74, 6) is -0.544. The number of hydrogen-bond acceptors (Lipinski definition) is 3. The third-order valence-corrected chi connectivity index (χ3v) is 7.53. The number of carbonyl (C=O) groups is 1. The van der Waals surface area contributed by atoms with E-state index < -0.39 is 18.8 Å². The summed E-state index contributed by atoms with van der Waals surface area (Å²) in [4.78, 5) is 11.8. The largest absolute Gasteiger partial charge is 0.466 e. The summed E-state index contributed by atoms with van der Waals surface area (Å²) < 4.78 is 17.9. The van der Waals surface area contributed by atoms with Gasteiger partial charge in [0, 0.05) is 10.6 Å². The van der Waals surface area contributed by atoms with Crippen molar-refractivity contribution in [2.45, 2.75) is 19.5 Å². The van der Waals surface area contributed by atoms with Gasteiger partial charge in [-0.15, -0.1) is 0 Å². The highest BCUT2D eigenvalue weighted by Gasteiger charge is 2.37. The zero-order chi connectivity index (χ0) is 15.3. The van der Waals surface area contributed by atoms with Crippen LogP contribution >= 0.6 is 18.7 Å². The minimum Gasteiger partial charge on any atom is -0.466 e. The topological polar surface area (TPSA) is 43.4 Å². The highest BCUT2D eigenvalue weighted by Crippen LogP contribution is 2.62. The van der Waals surface area contributed by atoms with Gasteiger partial charge in [-0.1, -0.05) is 50.2 Å². The summed E-state index contributed by atoms with van der Waals surface area (Å²) in [6, 6.07) is 7.13. The maximum absolute atomic E-state index is 13.1. The van der Waals surface area contributed by atoms with E-state index in [0.29, 0.717) is 22.9 Å². The Morgan fingerprint density at radius 3 is 2.35 bits per heavy atom. The molecule has 0 unspecified atom stereocenters. The third kappa shape index (κ3) is 3.34. The van der Waals surface area contributed by atoms with E-state index >= 15 is 0 Å². The smallest absolute Gasteiger partial charge is 0.334 e. The van der Waals surface area contributed by atoms with Gasteiger partial charge >= 0.3 is 5.97 Å². The molecule has 0 amide bonds. The molecule has 5 heteroatoms. The molecule has 1 aromatic rings. The molecule has 3 nitrogen and oxygen atoms in total. The Kier molecular flexibility index (Phi) is 6.04. The van der Waals surface area contributed by atoms with Crippen LogP contribution in [0.15, 0.2) is 36.4 Å². The van der Waals surface area contributed by atoms with E-state index in [1.165, 1.54) is 7.11 Å². The first kappa shape index (κ1) is 17.0. The van der Waals surface area contributed by atoms with E-state index in [2.05, 4.69) is 6.58 Å². The Hall–Kier alpha value is -1.05. The standard InChI is InChI=1S/C15H20ClO3P/c1-5-20(18,6-2)14(11(3)15(17)19-4)12-9-7-8-10-13(12)16/h7-10,14H,3,5-6H2,1-2,4H3/t14-/m0/s1. The first-order valence-electron chi connectivity index (χ1n) is 6.50. The van der Waals surface area contributed by atoms with Gasteiger partial charge in [0.05, 0.1) is 19.9 Å². The molecule has 0 N–H and O–H groups in total. The van der Waals surface area contributed by atoms with Gasteiger partial charge in [0.1, 0.15) is 0 Å². The second kappa shape index (κ2) is 7.10. The Balaban J connectivity index is 3.43. The predicted molar refractivity (Wildman–Crippen MR) is 84.0 cm³/mol. The fourth-order valence-corrected chi connectivity index (χ4v) is 5.16. The van der Waals surface area contributed by atoms with Gasteiger partial charge in [0.15, 0.2) is 0 Å². The van der Waals surface area contributed by atoms with Crippen LogP contribution in [0.3, 0.4) is 0 Å². The normalized spacial score (nSPS) is 12.8. The molecule has 0 bridgehead atoms. The predicted octanol–water partition coefficient (Wildman–Crippen LogP) is 4.51. The summed E-state index contributed by atoms with van der Waals surface area (Å²) in [6.45, 7) is 7.52. The molecule has 0 fully saturated rings. The molecule has 0 aromatic heterocycles. The molecule has 1 atom stereocenters. The van der Waals surface area contributed by atoms with Crippen LogP contribution in [0.2, 0.25) is 5.02 Å². The molecule has 20 heavy (non-hydrogen) atoms. The summed E-state index contributed by atoms with van der Waals surface area (Å²) in [5.41, 5.74) is 0.294. The lowest BCUT2D eigenvalue weighted by Crippen LogP contribution is -2.15. The number of ether oxygens (including phenoxy) is 1. The Morgan fingerprint density at radius 2 is 1.90 bits per heavy atom. The van der Waals surface area contributed by atoms with Crippen molar-refractivity contribution in [3.05, 3.63) is 47.0 Å². The van der Waals surface area contributed by atoms with Crippen LogP contribution in [0.25, 0.3) is 0 Å². The molecule has 0 aliphatic heterocycles. The average Bonchev–Trinajstić information content (AvgIpc) is 2.48. The van der Waals surface area contributed by atoms with Crippen LogP contribution in [0.5, 0.6) is 0 Å². The lowest BCUT2D eigenvalue weighted by Gasteiger charge is -2.28. The summed E-state index contributed by atoms with van der Waals surface area (Å²) in [7, 11) is -1.36. The fraction of sp³-hybridized carbons (Fsp3) is 0.400. The van der Waals surface area contributed by atoms with Crippen LogP contribution < -0.4 is 0 Å². The van der Waals surface area contributed by atoms with E-state index in [1.807, 2.05) is 19.9 Å². The molecule has 0 aliphatic carbocycles. The monoisotopic (exact) mass is 314 g/mol. The van der Waals surface area contributed by atoms with Crippen LogP contribution in [0.4, 0.5) is 0 Å². The molecule has 0 spiro atoms. The molecule has 110 valence electrons. The van der Waals surface area contributed by atoms with Gasteiger partial charge in [0.25, 0.3) is 0 Å². The van der Waals surface area contributed by atoms with Crippen LogP contribution in [-0.4, -0.2) is 25.4 Å². The third-order valence-electron chi connectivity index (χ3n) is 3.52. The Bertz CT molecular complexity index is 546. The lowest BCUT2D eigenvalue weighted by atomic mass is 10.1. The number of esters is 1. The van der Waals surface area contributed by atoms with E-state index in [4.69, 9.17) is 16.3 Å². The molecule has 1 rings (SSSR count). The molecular formula is C15H20ClO3P. The Labute approximate surface area is 125 Å². The highest BCUT2D eigenvalue weighted by atomic mass is 35.5. The van der Waals surface area contributed by atoms with Crippen LogP contribution in [-0.2, 0) is 14.1 Å². The van der Waals surface area contributed by atoms with E-state index in [-0.39, 0.29) is 5.57 Å². The summed E-state index contributed by atoms with van der Waals surface area (Å²) in [6.07, 6.45) is 0.963. The number of halogens is 1. The number of methoxy groups -OCH3 is 1.